The van der Waals surface area contributed by atoms with E-state index >= 15 is 0 Å². The molecule has 1 aliphatic heterocycles. The Hall–Kier alpha value is -4.78. The summed E-state index contributed by atoms with van der Waals surface area (Å²) in [6.45, 7) is 4.47. The van der Waals surface area contributed by atoms with Crippen LogP contribution in [0.1, 0.15) is 30.5 Å². The van der Waals surface area contributed by atoms with Crippen molar-refractivity contribution in [2.24, 2.45) is 0 Å². The topological polar surface area (TPSA) is 73.0 Å². The van der Waals surface area contributed by atoms with E-state index in [1.165, 1.54) is 5.56 Å². The fourth-order valence-electron chi connectivity index (χ4n) is 5.78. The standard InChI is InChI=1S/C36H25N4O.Pt/c1-36(2)28-10-6-7-11-31(28)40(33-21-25(18-19-38-33)23-8-4-3-5-9-23)32-20-26(14-16-29(32)36)30-17-15-24-12-13-27(22-37)35(41)34(24)39-30;/h3-19,21,41H,1-2H3;/q-1;. The summed E-state index contributed by atoms with van der Waals surface area (Å²) >= 11 is 0. The van der Waals surface area contributed by atoms with E-state index in [1.807, 2.05) is 54.7 Å². The van der Waals surface area contributed by atoms with Gasteiger partial charge in [-0.3, -0.25) is 4.98 Å². The molecule has 6 heteroatoms. The monoisotopic (exact) mass is 724 g/mol. The molecule has 1 N–H and O–H groups in total. The molecule has 0 aliphatic carbocycles. The fourth-order valence-corrected chi connectivity index (χ4v) is 5.78. The van der Waals surface area contributed by atoms with Crippen molar-refractivity contribution in [3.05, 3.63) is 132 Å². The first-order valence-electron chi connectivity index (χ1n) is 13.5. The number of aromatic nitrogens is 2. The molecule has 3 heterocycles. The van der Waals surface area contributed by atoms with E-state index in [1.54, 1.807) is 12.1 Å². The van der Waals surface area contributed by atoms with Gasteiger partial charge in [0.15, 0.2) is 5.75 Å². The quantitative estimate of drug-likeness (QED) is 0.186. The van der Waals surface area contributed by atoms with Gasteiger partial charge >= 0.3 is 0 Å². The van der Waals surface area contributed by atoms with Gasteiger partial charge in [0.05, 0.1) is 5.56 Å². The van der Waals surface area contributed by atoms with E-state index < -0.39 is 0 Å². The van der Waals surface area contributed by atoms with Crippen LogP contribution in [0.25, 0.3) is 33.3 Å². The SMILES string of the molecule is CC1(C)c2ccc(-c3ccc4ccc(C#N)c(O)c4n3)[c-]c2N(c2cc(-c3ccccc3)ccn2)c2ccccc21.[Pt]. The predicted molar refractivity (Wildman–Crippen MR) is 162 cm³/mol. The van der Waals surface area contributed by atoms with Crippen LogP contribution in [0.2, 0.25) is 0 Å². The van der Waals surface area contributed by atoms with Crippen LogP contribution >= 0.6 is 0 Å². The first kappa shape index (κ1) is 27.4. The summed E-state index contributed by atoms with van der Waals surface area (Å²) < 4.78 is 0. The first-order valence-corrected chi connectivity index (χ1v) is 13.5. The number of fused-ring (bicyclic) bond motifs is 3. The summed E-state index contributed by atoms with van der Waals surface area (Å²) in [5.74, 6) is 0.690. The van der Waals surface area contributed by atoms with Crippen LogP contribution in [0.5, 0.6) is 5.75 Å². The number of para-hydroxylation sites is 1. The van der Waals surface area contributed by atoms with Gasteiger partial charge in [0.2, 0.25) is 0 Å². The number of aromatic hydroxyl groups is 1. The van der Waals surface area contributed by atoms with Crippen molar-refractivity contribution in [2.75, 3.05) is 4.90 Å². The summed E-state index contributed by atoms with van der Waals surface area (Å²) in [5.41, 5.74) is 8.26. The van der Waals surface area contributed by atoms with Gasteiger partial charge in [-0.25, -0.2) is 4.98 Å². The van der Waals surface area contributed by atoms with Crippen molar-refractivity contribution in [3.8, 4) is 34.2 Å². The van der Waals surface area contributed by atoms with Crippen LogP contribution in [0, 0.1) is 17.4 Å². The normalized spacial score (nSPS) is 13.0. The second-order valence-corrected chi connectivity index (χ2v) is 10.7. The van der Waals surface area contributed by atoms with E-state index in [-0.39, 0.29) is 37.8 Å². The third-order valence-corrected chi connectivity index (χ3v) is 7.95. The van der Waals surface area contributed by atoms with Gasteiger partial charge in [-0.15, -0.1) is 23.8 Å². The molecule has 42 heavy (non-hydrogen) atoms. The zero-order chi connectivity index (χ0) is 28.1. The molecule has 5 nitrogen and oxygen atoms in total. The van der Waals surface area contributed by atoms with Crippen molar-refractivity contribution >= 4 is 28.1 Å². The molecule has 2 aromatic heterocycles. The van der Waals surface area contributed by atoms with E-state index in [0.29, 0.717) is 11.2 Å². The number of hydrogen-bond acceptors (Lipinski definition) is 5. The number of hydrogen-bond donors (Lipinski definition) is 1. The minimum Gasteiger partial charge on any atom is -0.504 e. The van der Waals surface area contributed by atoms with Crippen molar-refractivity contribution in [3.63, 3.8) is 0 Å². The molecule has 0 radical (unpaired) electrons. The molecule has 1 aliphatic rings. The number of nitriles is 1. The number of benzene rings is 4. The maximum absolute atomic E-state index is 10.7. The van der Waals surface area contributed by atoms with Gasteiger partial charge in [0.1, 0.15) is 17.4 Å². The molecular weight excluding hydrogens is 700 g/mol. The molecule has 0 saturated heterocycles. The zero-order valence-corrected chi connectivity index (χ0v) is 25.2. The number of anilines is 3. The number of pyridine rings is 2. The molecule has 0 spiro atoms. The number of nitrogens with zero attached hydrogens (tertiary/aromatic N) is 4. The Balaban J connectivity index is 0.00000316. The summed E-state index contributed by atoms with van der Waals surface area (Å²) in [4.78, 5) is 11.8. The maximum atomic E-state index is 10.7. The Morgan fingerprint density at radius 3 is 2.40 bits per heavy atom. The maximum Gasteiger partial charge on any atom is 0.158 e. The summed E-state index contributed by atoms with van der Waals surface area (Å²) in [5, 5.41) is 20.9. The molecule has 0 atom stereocenters. The Bertz CT molecular complexity index is 2010. The zero-order valence-electron chi connectivity index (χ0n) is 22.9. The Labute approximate surface area is 259 Å². The minimum atomic E-state index is -0.273. The average Bonchev–Trinajstić information content (AvgIpc) is 3.02. The molecule has 0 saturated carbocycles. The van der Waals surface area contributed by atoms with Gasteiger partial charge in [-0.05, 0) is 57.8 Å². The summed E-state index contributed by atoms with van der Waals surface area (Å²) in [6, 6.07) is 40.0. The predicted octanol–water partition coefficient (Wildman–Crippen LogP) is 8.45. The second kappa shape index (κ2) is 10.6. The van der Waals surface area contributed by atoms with Crippen molar-refractivity contribution in [1.82, 2.24) is 9.97 Å². The summed E-state index contributed by atoms with van der Waals surface area (Å²) in [7, 11) is 0. The van der Waals surface area contributed by atoms with Gasteiger partial charge in [-0.2, -0.15) is 5.26 Å². The van der Waals surface area contributed by atoms with Gasteiger partial charge in [-0.1, -0.05) is 86.1 Å². The third kappa shape index (κ3) is 4.36. The molecule has 7 rings (SSSR count). The Kier molecular flexibility index (Phi) is 6.89. The van der Waals surface area contributed by atoms with E-state index in [9.17, 15) is 10.4 Å². The smallest absolute Gasteiger partial charge is 0.158 e. The van der Waals surface area contributed by atoms with Crippen molar-refractivity contribution < 1.29 is 26.2 Å². The average molecular weight is 725 g/mol. The largest absolute Gasteiger partial charge is 0.504 e. The van der Waals surface area contributed by atoms with E-state index in [4.69, 9.17) is 9.97 Å². The van der Waals surface area contributed by atoms with Crippen molar-refractivity contribution in [2.45, 2.75) is 19.3 Å². The van der Waals surface area contributed by atoms with Gasteiger partial charge in [0.25, 0.3) is 0 Å². The molecule has 0 amide bonds. The third-order valence-electron chi connectivity index (χ3n) is 7.95. The van der Waals surface area contributed by atoms with Crippen LogP contribution in [0.4, 0.5) is 17.2 Å². The van der Waals surface area contributed by atoms with Crippen LogP contribution < -0.4 is 4.90 Å². The van der Waals surface area contributed by atoms with Gasteiger partial charge in [0, 0.05) is 38.3 Å². The Morgan fingerprint density at radius 2 is 1.60 bits per heavy atom. The molecule has 4 aromatic carbocycles. The fraction of sp³-hybridized carbons (Fsp3) is 0.0833. The van der Waals surface area contributed by atoms with Crippen molar-refractivity contribution in [1.29, 1.82) is 5.26 Å². The number of phenolic OH excluding ortho intramolecular Hbond substituents is 1. The minimum absolute atomic E-state index is 0. The first-order chi connectivity index (χ1) is 20.0. The van der Waals surface area contributed by atoms with Crippen LogP contribution in [0.15, 0.2) is 109 Å². The van der Waals surface area contributed by atoms with E-state index in [2.05, 4.69) is 73.3 Å². The molecule has 6 aromatic rings. The summed E-state index contributed by atoms with van der Waals surface area (Å²) in [6.07, 6.45) is 1.85. The number of phenols is 1. The van der Waals surface area contributed by atoms with Crippen LogP contribution in [-0.2, 0) is 26.5 Å². The molecule has 0 bridgehead atoms. The number of rotatable bonds is 3. The van der Waals surface area contributed by atoms with Crippen LogP contribution in [-0.4, -0.2) is 15.1 Å². The Morgan fingerprint density at radius 1 is 0.833 bits per heavy atom. The van der Waals surface area contributed by atoms with Gasteiger partial charge < -0.3 is 10.0 Å². The molecular formula is C36H25N4OPt-. The molecule has 0 unspecified atom stereocenters. The molecule has 0 fully saturated rings. The van der Waals surface area contributed by atoms with Crippen LogP contribution in [0.3, 0.4) is 0 Å². The van der Waals surface area contributed by atoms with E-state index in [0.717, 1.165) is 44.8 Å². The second-order valence-electron chi connectivity index (χ2n) is 10.7. The molecule has 206 valence electrons.